The van der Waals surface area contributed by atoms with E-state index in [2.05, 4.69) is 25.3 Å². The molecule has 5 heterocycles. The quantitative estimate of drug-likeness (QED) is 0.309. The molecule has 3 aromatic heterocycles. The standard InChI is InChI=1S/C23H20ClF2N5O6/c24-13-3-16-22(31-23(29-16)37-18-8-36-19-17(32)7-35-20(18)19)30-21(13)27-4-12-14(25)1-11(2-15(12)26)34-6-10-5-33-9-28-10/h1-3,5,9,17-20,32H,4,6-8H2,(H2,27,29,30,31)/t17-,18-,19-,20-/m1/s1. The minimum atomic E-state index is -0.799. The van der Waals surface area contributed by atoms with Gasteiger partial charge in [0.1, 0.15) is 60.1 Å². The number of rotatable bonds is 8. The SMILES string of the molecule is O[C@@H]1CO[C@H]2[C@@H]1OC[C@H]2Oc1nc2nc(NCc3c(F)cc(OCc4cocn4)cc3F)c(Cl)cc2[nH]1. The Morgan fingerprint density at radius 1 is 1.14 bits per heavy atom. The number of imidazole rings is 1. The largest absolute Gasteiger partial charge is 0.487 e. The van der Waals surface area contributed by atoms with Gasteiger partial charge in [0.15, 0.2) is 18.1 Å². The minimum absolute atomic E-state index is 0.00583. The maximum atomic E-state index is 14.6. The van der Waals surface area contributed by atoms with Crippen molar-refractivity contribution in [1.29, 1.82) is 0 Å². The molecule has 0 amide bonds. The van der Waals surface area contributed by atoms with Crippen LogP contribution in [0.1, 0.15) is 11.3 Å². The number of hydrogen-bond acceptors (Lipinski definition) is 10. The Bertz CT molecular complexity index is 1400. The van der Waals surface area contributed by atoms with Crippen LogP contribution in [0.5, 0.6) is 11.8 Å². The Balaban J connectivity index is 1.13. The van der Waals surface area contributed by atoms with E-state index in [0.717, 1.165) is 12.1 Å². The van der Waals surface area contributed by atoms with Gasteiger partial charge in [-0.05, 0) is 6.07 Å². The number of aromatic nitrogens is 4. The van der Waals surface area contributed by atoms with Crippen LogP contribution in [0, 0.1) is 11.6 Å². The maximum Gasteiger partial charge on any atom is 0.296 e. The highest BCUT2D eigenvalue weighted by atomic mass is 35.5. The zero-order chi connectivity index (χ0) is 25.5. The number of nitrogens with zero attached hydrogens (tertiary/aromatic N) is 3. The van der Waals surface area contributed by atoms with Gasteiger partial charge in [0.2, 0.25) is 0 Å². The molecule has 6 rings (SSSR count). The predicted octanol–water partition coefficient (Wildman–Crippen LogP) is 2.97. The Hall–Kier alpha value is -3.52. The van der Waals surface area contributed by atoms with E-state index in [4.69, 9.17) is 35.0 Å². The fraction of sp³-hybridized carbons (Fsp3) is 0.348. The summed E-state index contributed by atoms with van der Waals surface area (Å²) in [7, 11) is 0. The van der Waals surface area contributed by atoms with E-state index < -0.39 is 36.1 Å². The third-order valence-electron chi connectivity index (χ3n) is 6.07. The molecule has 37 heavy (non-hydrogen) atoms. The highest BCUT2D eigenvalue weighted by molar-refractivity contribution is 6.33. The predicted molar refractivity (Wildman–Crippen MR) is 123 cm³/mol. The number of H-pyrrole nitrogens is 1. The van der Waals surface area contributed by atoms with E-state index >= 15 is 0 Å². The zero-order valence-corrected chi connectivity index (χ0v) is 19.7. The van der Waals surface area contributed by atoms with Gasteiger partial charge in [-0.1, -0.05) is 11.6 Å². The lowest BCUT2D eigenvalue weighted by Crippen LogP contribution is -2.34. The highest BCUT2D eigenvalue weighted by Crippen LogP contribution is 2.31. The highest BCUT2D eigenvalue weighted by Gasteiger charge is 2.48. The van der Waals surface area contributed by atoms with Crippen LogP contribution >= 0.6 is 11.6 Å². The van der Waals surface area contributed by atoms with Gasteiger partial charge in [-0.2, -0.15) is 4.98 Å². The van der Waals surface area contributed by atoms with Crippen LogP contribution < -0.4 is 14.8 Å². The lowest BCUT2D eigenvalue weighted by Gasteiger charge is -2.15. The van der Waals surface area contributed by atoms with Gasteiger partial charge in [-0.3, -0.25) is 0 Å². The van der Waals surface area contributed by atoms with E-state index in [1.807, 2.05) is 0 Å². The normalized spacial score (nSPS) is 22.9. The molecule has 0 bridgehead atoms. The van der Waals surface area contributed by atoms with Crippen molar-refractivity contribution in [2.75, 3.05) is 18.5 Å². The van der Waals surface area contributed by atoms with Crippen LogP contribution in [0.2, 0.25) is 5.02 Å². The Morgan fingerprint density at radius 2 is 1.95 bits per heavy atom. The van der Waals surface area contributed by atoms with Crippen molar-refractivity contribution in [3.8, 4) is 11.8 Å². The van der Waals surface area contributed by atoms with Crippen molar-refractivity contribution in [3.05, 3.63) is 58.8 Å². The molecule has 0 aliphatic carbocycles. The first-order valence-electron chi connectivity index (χ1n) is 11.3. The summed E-state index contributed by atoms with van der Waals surface area (Å²) < 4.78 is 56.4. The third-order valence-corrected chi connectivity index (χ3v) is 6.36. The van der Waals surface area contributed by atoms with Gasteiger partial charge in [0.05, 0.1) is 23.8 Å². The topological polar surface area (TPSA) is 137 Å². The number of oxazole rings is 1. The van der Waals surface area contributed by atoms with Gasteiger partial charge in [0, 0.05) is 24.2 Å². The molecule has 2 aliphatic heterocycles. The number of aliphatic hydroxyl groups excluding tert-OH is 1. The van der Waals surface area contributed by atoms with E-state index in [1.165, 1.54) is 12.7 Å². The number of aromatic amines is 1. The number of fused-ring (bicyclic) bond motifs is 2. The summed E-state index contributed by atoms with van der Waals surface area (Å²) in [5, 5.41) is 12.9. The number of ether oxygens (including phenoxy) is 4. The van der Waals surface area contributed by atoms with Gasteiger partial charge >= 0.3 is 0 Å². The van der Waals surface area contributed by atoms with Crippen LogP contribution in [-0.2, 0) is 22.6 Å². The summed E-state index contributed by atoms with van der Waals surface area (Å²) in [5.74, 6) is -1.40. The van der Waals surface area contributed by atoms with Gasteiger partial charge < -0.3 is 38.8 Å². The van der Waals surface area contributed by atoms with E-state index in [9.17, 15) is 13.9 Å². The second-order valence-corrected chi connectivity index (χ2v) is 8.95. The number of benzene rings is 1. The molecule has 0 spiro atoms. The van der Waals surface area contributed by atoms with E-state index in [0.29, 0.717) is 11.2 Å². The van der Waals surface area contributed by atoms with Crippen molar-refractivity contribution in [2.24, 2.45) is 0 Å². The maximum absolute atomic E-state index is 14.6. The zero-order valence-electron chi connectivity index (χ0n) is 19.0. The molecule has 0 radical (unpaired) electrons. The van der Waals surface area contributed by atoms with Crippen molar-refractivity contribution in [1.82, 2.24) is 19.9 Å². The number of anilines is 1. The Morgan fingerprint density at radius 3 is 2.73 bits per heavy atom. The summed E-state index contributed by atoms with van der Waals surface area (Å²) in [6, 6.07) is 3.91. The molecule has 0 saturated carbocycles. The first-order valence-corrected chi connectivity index (χ1v) is 11.7. The Labute approximate surface area is 212 Å². The first kappa shape index (κ1) is 23.9. The second-order valence-electron chi connectivity index (χ2n) is 8.54. The molecule has 2 saturated heterocycles. The van der Waals surface area contributed by atoms with Crippen LogP contribution in [0.4, 0.5) is 14.6 Å². The van der Waals surface area contributed by atoms with Crippen LogP contribution in [0.3, 0.4) is 0 Å². The van der Waals surface area contributed by atoms with Gasteiger partial charge in [0.25, 0.3) is 6.01 Å². The fourth-order valence-corrected chi connectivity index (χ4v) is 4.45. The number of aliphatic hydroxyl groups is 1. The minimum Gasteiger partial charge on any atom is -0.487 e. The fourth-order valence-electron chi connectivity index (χ4n) is 4.23. The van der Waals surface area contributed by atoms with E-state index in [1.54, 1.807) is 6.07 Å². The molecule has 3 N–H and O–H groups in total. The summed E-state index contributed by atoms with van der Waals surface area (Å²) in [4.78, 5) is 15.5. The van der Waals surface area contributed by atoms with Crippen molar-refractivity contribution in [3.63, 3.8) is 0 Å². The number of pyridine rings is 1. The smallest absolute Gasteiger partial charge is 0.296 e. The average molecular weight is 536 g/mol. The lowest BCUT2D eigenvalue weighted by atomic mass is 10.1. The van der Waals surface area contributed by atoms with Crippen molar-refractivity contribution in [2.45, 2.75) is 37.6 Å². The molecular formula is C23H20ClF2N5O6. The molecule has 14 heteroatoms. The molecule has 2 aliphatic rings. The molecule has 2 fully saturated rings. The number of halogens is 3. The monoisotopic (exact) mass is 535 g/mol. The van der Waals surface area contributed by atoms with Crippen molar-refractivity contribution < 1.29 is 37.3 Å². The molecular weight excluding hydrogens is 516 g/mol. The van der Waals surface area contributed by atoms with Gasteiger partial charge in [-0.25, -0.2) is 18.7 Å². The Kier molecular flexibility index (Phi) is 6.28. The molecule has 194 valence electrons. The molecule has 4 aromatic rings. The summed E-state index contributed by atoms with van der Waals surface area (Å²) in [6.07, 6.45) is 0.623. The third kappa shape index (κ3) is 4.78. The molecule has 4 atom stereocenters. The van der Waals surface area contributed by atoms with Crippen LogP contribution in [-0.4, -0.2) is 62.7 Å². The lowest BCUT2D eigenvalue weighted by molar-refractivity contribution is 0.00706. The van der Waals surface area contributed by atoms with Crippen molar-refractivity contribution >= 4 is 28.6 Å². The first-order chi connectivity index (χ1) is 17.9. The molecule has 0 unspecified atom stereocenters. The number of hydrogen-bond donors (Lipinski definition) is 3. The second kappa shape index (κ2) is 9.74. The summed E-state index contributed by atoms with van der Waals surface area (Å²) >= 11 is 6.33. The van der Waals surface area contributed by atoms with Crippen LogP contribution in [0.15, 0.2) is 35.3 Å². The van der Waals surface area contributed by atoms with E-state index in [-0.39, 0.29) is 60.2 Å². The average Bonchev–Trinajstić information content (AvgIpc) is 3.65. The van der Waals surface area contributed by atoms with Gasteiger partial charge in [-0.15, -0.1) is 0 Å². The van der Waals surface area contributed by atoms with Crippen LogP contribution in [0.25, 0.3) is 11.2 Å². The summed E-state index contributed by atoms with van der Waals surface area (Å²) in [5.41, 5.74) is 1.05. The number of nitrogens with one attached hydrogen (secondary N) is 2. The molecule has 1 aromatic carbocycles. The summed E-state index contributed by atoms with van der Waals surface area (Å²) in [6.45, 7) is 0.202. The molecule has 11 nitrogen and oxygen atoms in total.